The van der Waals surface area contributed by atoms with Gasteiger partial charge in [0.1, 0.15) is 6.23 Å². The molecule has 0 aromatic carbocycles. The molecule has 0 aromatic rings. The monoisotopic (exact) mass is 179 g/mol. The molecule has 0 saturated carbocycles. The molecule has 0 aliphatic carbocycles. The molecule has 0 spiro atoms. The molecule has 2 aliphatic rings. The van der Waals surface area contributed by atoms with E-state index in [4.69, 9.17) is 9.47 Å². The van der Waals surface area contributed by atoms with Gasteiger partial charge in [0, 0.05) is 13.2 Å². The third kappa shape index (κ3) is 2.06. The van der Waals surface area contributed by atoms with E-state index in [0.717, 1.165) is 26.2 Å². The fourth-order valence-electron chi connectivity index (χ4n) is 1.53. The summed E-state index contributed by atoms with van der Waals surface area (Å²) < 4.78 is 10.9. The lowest BCUT2D eigenvalue weighted by atomic mass is 10.2. The van der Waals surface area contributed by atoms with Crippen LogP contribution in [0.25, 0.3) is 0 Å². The van der Waals surface area contributed by atoms with Gasteiger partial charge >= 0.3 is 0 Å². The van der Waals surface area contributed by atoms with Crippen molar-refractivity contribution in [3.63, 3.8) is 0 Å². The molecule has 2 unspecified atom stereocenters. The zero-order chi connectivity index (χ0) is 6.81. The SMILES string of the molecule is C1COC(C2NCCO2)C1.Cl. The zero-order valence-corrected chi connectivity index (χ0v) is 7.23. The Morgan fingerprint density at radius 2 is 2.09 bits per heavy atom. The molecule has 2 atom stereocenters. The maximum atomic E-state index is 5.45. The van der Waals surface area contributed by atoms with Crippen molar-refractivity contribution in [2.24, 2.45) is 0 Å². The van der Waals surface area contributed by atoms with Crippen LogP contribution >= 0.6 is 12.4 Å². The van der Waals surface area contributed by atoms with E-state index in [1.165, 1.54) is 6.42 Å². The van der Waals surface area contributed by atoms with Crippen LogP contribution in [0.4, 0.5) is 0 Å². The van der Waals surface area contributed by atoms with Crippen molar-refractivity contribution in [3.8, 4) is 0 Å². The minimum absolute atomic E-state index is 0. The maximum absolute atomic E-state index is 5.45. The molecule has 1 N–H and O–H groups in total. The largest absolute Gasteiger partial charge is 0.374 e. The average molecular weight is 180 g/mol. The molecule has 4 heteroatoms. The van der Waals surface area contributed by atoms with Crippen molar-refractivity contribution in [1.82, 2.24) is 5.32 Å². The predicted octanol–water partition coefficient (Wildman–Crippen LogP) is 0.533. The lowest BCUT2D eigenvalue weighted by molar-refractivity contribution is -0.0258. The second-order valence-electron chi connectivity index (χ2n) is 2.80. The standard InChI is InChI=1S/C7H13NO2.ClH/c1-2-6(9-4-1)7-8-3-5-10-7;/h6-8H,1-5H2;1H. The second kappa shape index (κ2) is 4.26. The average Bonchev–Trinajstić information content (AvgIpc) is 2.59. The Labute approximate surface area is 72.8 Å². The Morgan fingerprint density at radius 3 is 2.64 bits per heavy atom. The van der Waals surface area contributed by atoms with Crippen molar-refractivity contribution in [2.45, 2.75) is 25.2 Å². The summed E-state index contributed by atoms with van der Waals surface area (Å²) in [7, 11) is 0. The molecule has 3 nitrogen and oxygen atoms in total. The summed E-state index contributed by atoms with van der Waals surface area (Å²) in [5.41, 5.74) is 0. The molecule has 2 saturated heterocycles. The number of ether oxygens (including phenoxy) is 2. The van der Waals surface area contributed by atoms with Gasteiger partial charge in [-0.15, -0.1) is 12.4 Å². The van der Waals surface area contributed by atoms with Crippen LogP contribution in [0.3, 0.4) is 0 Å². The van der Waals surface area contributed by atoms with Gasteiger partial charge in [0.25, 0.3) is 0 Å². The summed E-state index contributed by atoms with van der Waals surface area (Å²) in [6, 6.07) is 0. The van der Waals surface area contributed by atoms with Gasteiger partial charge in [0.05, 0.1) is 12.7 Å². The number of rotatable bonds is 1. The molecule has 2 fully saturated rings. The third-order valence-electron chi connectivity index (χ3n) is 2.05. The van der Waals surface area contributed by atoms with Crippen LogP contribution in [0.5, 0.6) is 0 Å². The van der Waals surface area contributed by atoms with Crippen LogP contribution < -0.4 is 5.32 Å². The van der Waals surface area contributed by atoms with Crippen LogP contribution in [-0.2, 0) is 9.47 Å². The van der Waals surface area contributed by atoms with Crippen LogP contribution in [0.2, 0.25) is 0 Å². The summed E-state index contributed by atoms with van der Waals surface area (Å²) in [5, 5.41) is 3.25. The number of nitrogens with one attached hydrogen (secondary N) is 1. The van der Waals surface area contributed by atoms with E-state index in [9.17, 15) is 0 Å². The van der Waals surface area contributed by atoms with Crippen LogP contribution in [-0.4, -0.2) is 32.1 Å². The Balaban J connectivity index is 0.000000605. The van der Waals surface area contributed by atoms with Gasteiger partial charge < -0.3 is 9.47 Å². The van der Waals surface area contributed by atoms with Gasteiger partial charge in [0.2, 0.25) is 0 Å². The van der Waals surface area contributed by atoms with Crippen molar-refractivity contribution in [2.75, 3.05) is 19.8 Å². The summed E-state index contributed by atoms with van der Waals surface area (Å²) in [6.45, 7) is 2.72. The molecular formula is C7H14ClNO2. The van der Waals surface area contributed by atoms with E-state index in [-0.39, 0.29) is 18.6 Å². The topological polar surface area (TPSA) is 30.5 Å². The molecule has 0 radical (unpaired) electrons. The number of hydrogen-bond acceptors (Lipinski definition) is 3. The molecule has 2 heterocycles. The predicted molar refractivity (Wildman–Crippen MR) is 44.0 cm³/mol. The van der Waals surface area contributed by atoms with Crippen LogP contribution in [0, 0.1) is 0 Å². The molecule has 11 heavy (non-hydrogen) atoms. The highest BCUT2D eigenvalue weighted by molar-refractivity contribution is 5.85. The van der Waals surface area contributed by atoms with E-state index < -0.39 is 0 Å². The summed E-state index contributed by atoms with van der Waals surface area (Å²) >= 11 is 0. The highest BCUT2D eigenvalue weighted by atomic mass is 35.5. The summed E-state index contributed by atoms with van der Waals surface area (Å²) in [6.07, 6.45) is 2.84. The molecule has 0 amide bonds. The van der Waals surface area contributed by atoms with Gasteiger partial charge in [-0.25, -0.2) is 0 Å². The molecule has 0 bridgehead atoms. The molecule has 2 rings (SSSR count). The van der Waals surface area contributed by atoms with Crippen molar-refractivity contribution >= 4 is 12.4 Å². The third-order valence-corrected chi connectivity index (χ3v) is 2.05. The fraction of sp³-hybridized carbons (Fsp3) is 1.00. The lowest BCUT2D eigenvalue weighted by Crippen LogP contribution is -2.35. The first kappa shape index (κ1) is 9.26. The number of halogens is 1. The van der Waals surface area contributed by atoms with E-state index in [1.54, 1.807) is 0 Å². The van der Waals surface area contributed by atoms with E-state index in [0.29, 0.717) is 6.10 Å². The van der Waals surface area contributed by atoms with Crippen LogP contribution in [0.1, 0.15) is 12.8 Å². The first-order valence-electron chi connectivity index (χ1n) is 3.93. The Bertz CT molecular complexity index is 97.0. The number of hydrogen-bond donors (Lipinski definition) is 1. The smallest absolute Gasteiger partial charge is 0.134 e. The summed E-state index contributed by atoms with van der Waals surface area (Å²) in [4.78, 5) is 0. The van der Waals surface area contributed by atoms with Gasteiger partial charge in [-0.2, -0.15) is 0 Å². The van der Waals surface area contributed by atoms with Gasteiger partial charge in [-0.1, -0.05) is 0 Å². The first-order valence-corrected chi connectivity index (χ1v) is 3.93. The van der Waals surface area contributed by atoms with Gasteiger partial charge in [0.15, 0.2) is 0 Å². The van der Waals surface area contributed by atoms with E-state index >= 15 is 0 Å². The molecular weight excluding hydrogens is 166 g/mol. The molecule has 0 aromatic heterocycles. The molecule has 66 valence electrons. The second-order valence-corrected chi connectivity index (χ2v) is 2.80. The summed E-state index contributed by atoms with van der Waals surface area (Å²) in [5.74, 6) is 0. The lowest BCUT2D eigenvalue weighted by Gasteiger charge is -2.16. The molecule has 2 aliphatic heterocycles. The minimum Gasteiger partial charge on any atom is -0.374 e. The zero-order valence-electron chi connectivity index (χ0n) is 6.41. The highest BCUT2D eigenvalue weighted by Crippen LogP contribution is 2.17. The van der Waals surface area contributed by atoms with Gasteiger partial charge in [-0.05, 0) is 12.8 Å². The van der Waals surface area contributed by atoms with Crippen molar-refractivity contribution in [1.29, 1.82) is 0 Å². The van der Waals surface area contributed by atoms with Gasteiger partial charge in [-0.3, -0.25) is 5.32 Å². The maximum Gasteiger partial charge on any atom is 0.134 e. The van der Waals surface area contributed by atoms with Crippen LogP contribution in [0.15, 0.2) is 0 Å². The Morgan fingerprint density at radius 1 is 1.18 bits per heavy atom. The van der Waals surface area contributed by atoms with Crippen molar-refractivity contribution in [3.05, 3.63) is 0 Å². The van der Waals surface area contributed by atoms with Crippen molar-refractivity contribution < 1.29 is 9.47 Å². The Kier molecular flexibility index (Phi) is 3.59. The van der Waals surface area contributed by atoms with E-state index in [2.05, 4.69) is 5.32 Å². The van der Waals surface area contributed by atoms with E-state index in [1.807, 2.05) is 0 Å². The highest BCUT2D eigenvalue weighted by Gasteiger charge is 2.28. The fourth-order valence-corrected chi connectivity index (χ4v) is 1.53. The normalized spacial score (nSPS) is 37.1. The Hall–Kier alpha value is 0.170. The quantitative estimate of drug-likeness (QED) is 0.637. The minimum atomic E-state index is 0. The first-order chi connectivity index (χ1) is 4.97.